The molecule has 1 N–H and O–H groups in total. The SMILES string of the molecule is C=C(CNC(C)(C)C)CN1CCCc2cc(C)ccc21. The van der Waals surface area contributed by atoms with Crippen LogP contribution >= 0.6 is 0 Å². The van der Waals surface area contributed by atoms with E-state index < -0.39 is 0 Å². The van der Waals surface area contributed by atoms with Gasteiger partial charge < -0.3 is 10.2 Å². The van der Waals surface area contributed by atoms with Gasteiger partial charge in [-0.15, -0.1) is 0 Å². The highest BCUT2D eigenvalue weighted by Crippen LogP contribution is 2.28. The molecule has 0 saturated heterocycles. The molecule has 1 heterocycles. The van der Waals surface area contributed by atoms with E-state index in [0.29, 0.717) is 0 Å². The first-order chi connectivity index (χ1) is 9.35. The van der Waals surface area contributed by atoms with E-state index in [1.165, 1.54) is 35.2 Å². The average molecular weight is 272 g/mol. The number of fused-ring (bicyclic) bond motifs is 1. The molecule has 110 valence electrons. The van der Waals surface area contributed by atoms with Crippen LogP contribution in [0.1, 0.15) is 38.3 Å². The van der Waals surface area contributed by atoms with Crippen LogP contribution in [-0.4, -0.2) is 25.2 Å². The summed E-state index contributed by atoms with van der Waals surface area (Å²) in [7, 11) is 0. The maximum atomic E-state index is 4.24. The molecule has 1 aliphatic rings. The summed E-state index contributed by atoms with van der Waals surface area (Å²) in [6, 6.07) is 6.82. The van der Waals surface area contributed by atoms with Gasteiger partial charge in [0, 0.05) is 30.9 Å². The van der Waals surface area contributed by atoms with Crippen LogP contribution in [-0.2, 0) is 6.42 Å². The van der Waals surface area contributed by atoms with Gasteiger partial charge in [-0.2, -0.15) is 0 Å². The summed E-state index contributed by atoms with van der Waals surface area (Å²) in [5, 5.41) is 3.52. The van der Waals surface area contributed by atoms with Gasteiger partial charge in [-0.3, -0.25) is 0 Å². The van der Waals surface area contributed by atoms with Gasteiger partial charge in [0.25, 0.3) is 0 Å². The molecule has 1 aliphatic heterocycles. The molecule has 2 rings (SSSR count). The van der Waals surface area contributed by atoms with E-state index in [0.717, 1.165) is 19.6 Å². The van der Waals surface area contributed by atoms with Crippen molar-refractivity contribution in [1.29, 1.82) is 0 Å². The predicted octanol–water partition coefficient (Wildman–Crippen LogP) is 3.69. The monoisotopic (exact) mass is 272 g/mol. The number of aryl methyl sites for hydroxylation is 2. The van der Waals surface area contributed by atoms with Crippen LogP contribution in [0.5, 0.6) is 0 Å². The van der Waals surface area contributed by atoms with E-state index in [1.54, 1.807) is 0 Å². The number of hydrogen-bond acceptors (Lipinski definition) is 2. The summed E-state index contributed by atoms with van der Waals surface area (Å²) in [5.74, 6) is 0. The highest BCUT2D eigenvalue weighted by atomic mass is 15.1. The Labute approximate surface area is 123 Å². The number of anilines is 1. The minimum Gasteiger partial charge on any atom is -0.367 e. The van der Waals surface area contributed by atoms with Gasteiger partial charge in [-0.1, -0.05) is 24.3 Å². The second-order valence-corrected chi connectivity index (χ2v) is 7.01. The van der Waals surface area contributed by atoms with Crippen molar-refractivity contribution in [2.24, 2.45) is 0 Å². The van der Waals surface area contributed by atoms with Crippen molar-refractivity contribution in [1.82, 2.24) is 5.32 Å². The van der Waals surface area contributed by atoms with E-state index in [1.807, 2.05) is 0 Å². The fourth-order valence-corrected chi connectivity index (χ4v) is 2.68. The Balaban J connectivity index is 2.00. The summed E-state index contributed by atoms with van der Waals surface area (Å²) >= 11 is 0. The maximum Gasteiger partial charge on any atom is 0.0401 e. The molecule has 0 radical (unpaired) electrons. The number of nitrogens with zero attached hydrogens (tertiary/aromatic N) is 1. The van der Waals surface area contributed by atoms with Crippen molar-refractivity contribution < 1.29 is 0 Å². The van der Waals surface area contributed by atoms with Crippen molar-refractivity contribution in [3.8, 4) is 0 Å². The van der Waals surface area contributed by atoms with Crippen molar-refractivity contribution in [2.75, 3.05) is 24.5 Å². The molecule has 0 spiro atoms. The van der Waals surface area contributed by atoms with Gasteiger partial charge >= 0.3 is 0 Å². The van der Waals surface area contributed by atoms with Crippen LogP contribution in [0.15, 0.2) is 30.4 Å². The van der Waals surface area contributed by atoms with Crippen LogP contribution in [0.3, 0.4) is 0 Å². The third-order valence-electron chi connectivity index (χ3n) is 3.73. The van der Waals surface area contributed by atoms with Gasteiger partial charge in [0.1, 0.15) is 0 Å². The lowest BCUT2D eigenvalue weighted by molar-refractivity contribution is 0.443. The highest BCUT2D eigenvalue weighted by molar-refractivity contribution is 5.57. The van der Waals surface area contributed by atoms with Gasteiger partial charge in [0.2, 0.25) is 0 Å². The molecule has 0 bridgehead atoms. The Morgan fingerprint density at radius 1 is 1.35 bits per heavy atom. The van der Waals surface area contributed by atoms with Crippen LogP contribution < -0.4 is 10.2 Å². The summed E-state index contributed by atoms with van der Waals surface area (Å²) in [4.78, 5) is 2.48. The van der Waals surface area contributed by atoms with Gasteiger partial charge in [0.05, 0.1) is 0 Å². The Morgan fingerprint density at radius 2 is 2.10 bits per heavy atom. The van der Waals surface area contributed by atoms with Crippen molar-refractivity contribution >= 4 is 5.69 Å². The lowest BCUT2D eigenvalue weighted by atomic mass is 9.99. The third kappa shape index (κ3) is 4.11. The minimum atomic E-state index is 0.153. The Hall–Kier alpha value is -1.28. The van der Waals surface area contributed by atoms with Crippen molar-refractivity contribution in [2.45, 2.75) is 46.1 Å². The number of rotatable bonds is 4. The zero-order valence-electron chi connectivity index (χ0n) is 13.4. The molecule has 2 nitrogen and oxygen atoms in total. The molecule has 2 heteroatoms. The van der Waals surface area contributed by atoms with Gasteiger partial charge in [-0.05, 0) is 57.7 Å². The molecular weight excluding hydrogens is 244 g/mol. The molecule has 0 atom stereocenters. The second-order valence-electron chi connectivity index (χ2n) is 7.01. The molecular formula is C18H28N2. The molecule has 20 heavy (non-hydrogen) atoms. The first-order valence-corrected chi connectivity index (χ1v) is 7.61. The Morgan fingerprint density at radius 3 is 2.80 bits per heavy atom. The Kier molecular flexibility index (Phi) is 4.54. The van der Waals surface area contributed by atoms with E-state index in [-0.39, 0.29) is 5.54 Å². The fraction of sp³-hybridized carbons (Fsp3) is 0.556. The number of hydrogen-bond donors (Lipinski definition) is 1. The van der Waals surface area contributed by atoms with Crippen LogP contribution in [0, 0.1) is 6.92 Å². The quantitative estimate of drug-likeness (QED) is 0.841. The molecule has 0 unspecified atom stereocenters. The molecule has 0 aromatic heterocycles. The van der Waals surface area contributed by atoms with E-state index in [4.69, 9.17) is 0 Å². The summed E-state index contributed by atoms with van der Waals surface area (Å²) in [5.41, 5.74) is 5.67. The zero-order chi connectivity index (χ0) is 14.8. The summed E-state index contributed by atoms with van der Waals surface area (Å²) < 4.78 is 0. The van der Waals surface area contributed by atoms with E-state index in [9.17, 15) is 0 Å². The molecule has 1 aromatic rings. The highest BCUT2D eigenvalue weighted by Gasteiger charge is 2.17. The molecule has 0 fully saturated rings. The molecule has 0 amide bonds. The van der Waals surface area contributed by atoms with Gasteiger partial charge in [0.15, 0.2) is 0 Å². The first kappa shape index (κ1) is 15.1. The fourth-order valence-electron chi connectivity index (χ4n) is 2.68. The van der Waals surface area contributed by atoms with Gasteiger partial charge in [-0.25, -0.2) is 0 Å². The van der Waals surface area contributed by atoms with Crippen molar-refractivity contribution in [3.05, 3.63) is 41.5 Å². The maximum absolute atomic E-state index is 4.24. The smallest absolute Gasteiger partial charge is 0.0401 e. The first-order valence-electron chi connectivity index (χ1n) is 7.61. The zero-order valence-corrected chi connectivity index (χ0v) is 13.4. The molecule has 0 aliphatic carbocycles. The molecule has 0 saturated carbocycles. The van der Waals surface area contributed by atoms with E-state index in [2.05, 4.69) is 62.7 Å². The third-order valence-corrected chi connectivity index (χ3v) is 3.73. The van der Waals surface area contributed by atoms with E-state index >= 15 is 0 Å². The van der Waals surface area contributed by atoms with Crippen molar-refractivity contribution in [3.63, 3.8) is 0 Å². The predicted molar refractivity (Wildman–Crippen MR) is 88.6 cm³/mol. The number of nitrogens with one attached hydrogen (secondary N) is 1. The minimum absolute atomic E-state index is 0.153. The largest absolute Gasteiger partial charge is 0.367 e. The van der Waals surface area contributed by atoms with Crippen LogP contribution in [0.2, 0.25) is 0 Å². The Bertz CT molecular complexity index is 483. The lowest BCUT2D eigenvalue weighted by Gasteiger charge is -2.33. The summed E-state index contributed by atoms with van der Waals surface area (Å²) in [6.45, 7) is 16.0. The summed E-state index contributed by atoms with van der Waals surface area (Å²) in [6.07, 6.45) is 2.46. The van der Waals surface area contributed by atoms with Crippen LogP contribution in [0.4, 0.5) is 5.69 Å². The average Bonchev–Trinajstić information content (AvgIpc) is 2.35. The topological polar surface area (TPSA) is 15.3 Å². The second kappa shape index (κ2) is 6.01. The normalized spacial score (nSPS) is 15.1. The number of benzene rings is 1. The van der Waals surface area contributed by atoms with Crippen LogP contribution in [0.25, 0.3) is 0 Å². The standard InChI is InChI=1S/C18H28N2/c1-14-8-9-17-16(11-14)7-6-10-20(17)13-15(2)12-19-18(3,4)5/h8-9,11,19H,2,6-7,10,12-13H2,1,3-5H3. The molecule has 1 aromatic carbocycles. The lowest BCUT2D eigenvalue weighted by Crippen LogP contribution is -2.39.